The van der Waals surface area contributed by atoms with Gasteiger partial charge in [0.15, 0.2) is 0 Å². The molecule has 2 heteroatoms. The second-order valence-electron chi connectivity index (χ2n) is 1.97. The summed E-state index contributed by atoms with van der Waals surface area (Å²) in [5.41, 5.74) is 1.07. The Kier molecular flexibility index (Phi) is 2.90. The summed E-state index contributed by atoms with van der Waals surface area (Å²) >= 11 is 3.36. The average molecular weight is 200 g/mol. The lowest BCUT2D eigenvalue weighted by Crippen LogP contribution is -1.85. The Bertz CT molecular complexity index is 210. The predicted molar refractivity (Wildman–Crippen MR) is 43.7 cm³/mol. The van der Waals surface area contributed by atoms with Gasteiger partial charge in [-0.3, -0.25) is 0 Å². The Morgan fingerprint density at radius 1 is 1.70 bits per heavy atom. The quantitative estimate of drug-likeness (QED) is 0.712. The fraction of sp³-hybridized carbons (Fsp3) is 0.250. The maximum absolute atomic E-state index is 4.93. The van der Waals surface area contributed by atoms with Crippen LogP contribution in [0.4, 0.5) is 0 Å². The highest BCUT2D eigenvalue weighted by atomic mass is 79.9. The average Bonchev–Trinajstić information content (AvgIpc) is 1.88. The fourth-order valence-electron chi connectivity index (χ4n) is 0.723. The van der Waals surface area contributed by atoms with Gasteiger partial charge in [0.25, 0.3) is 0 Å². The molecule has 0 saturated carbocycles. The van der Waals surface area contributed by atoms with E-state index in [1.165, 1.54) is 0 Å². The molecular formula is C8H8BrO. The third-order valence-corrected chi connectivity index (χ3v) is 1.62. The first-order valence-electron chi connectivity index (χ1n) is 2.98. The molecule has 1 rings (SSSR count). The summed E-state index contributed by atoms with van der Waals surface area (Å²) in [6, 6.07) is 8.86. The van der Waals surface area contributed by atoms with Crippen molar-refractivity contribution < 1.29 is 4.74 Å². The molecule has 10 heavy (non-hydrogen) atoms. The van der Waals surface area contributed by atoms with Crippen molar-refractivity contribution >= 4 is 15.9 Å². The van der Waals surface area contributed by atoms with E-state index in [0.29, 0.717) is 6.61 Å². The SMILES string of the molecule is COCc1[c]ccc(Br)c1. The van der Waals surface area contributed by atoms with Crippen molar-refractivity contribution in [3.8, 4) is 0 Å². The Morgan fingerprint density at radius 2 is 2.50 bits per heavy atom. The minimum absolute atomic E-state index is 0.624. The van der Waals surface area contributed by atoms with E-state index in [1.807, 2.05) is 18.2 Å². The first kappa shape index (κ1) is 7.76. The largest absolute Gasteiger partial charge is 0.380 e. The van der Waals surface area contributed by atoms with Crippen molar-refractivity contribution in [1.29, 1.82) is 0 Å². The van der Waals surface area contributed by atoms with E-state index in [1.54, 1.807) is 7.11 Å². The van der Waals surface area contributed by atoms with Crippen molar-refractivity contribution in [2.75, 3.05) is 7.11 Å². The molecule has 0 aliphatic carbocycles. The number of methoxy groups -OCH3 is 1. The Morgan fingerprint density at radius 3 is 3.10 bits per heavy atom. The van der Waals surface area contributed by atoms with Gasteiger partial charge in [-0.1, -0.05) is 22.0 Å². The highest BCUT2D eigenvalue weighted by Crippen LogP contribution is 2.11. The summed E-state index contributed by atoms with van der Waals surface area (Å²) in [6.07, 6.45) is 0. The molecule has 1 nitrogen and oxygen atoms in total. The fourth-order valence-corrected chi connectivity index (χ4v) is 1.13. The summed E-state index contributed by atoms with van der Waals surface area (Å²) < 4.78 is 6.00. The highest BCUT2D eigenvalue weighted by molar-refractivity contribution is 9.10. The molecule has 0 unspecified atom stereocenters. The van der Waals surface area contributed by atoms with E-state index >= 15 is 0 Å². The zero-order valence-electron chi connectivity index (χ0n) is 5.73. The van der Waals surface area contributed by atoms with Crippen molar-refractivity contribution in [2.24, 2.45) is 0 Å². The zero-order valence-corrected chi connectivity index (χ0v) is 7.31. The molecule has 1 aromatic carbocycles. The number of hydrogen-bond donors (Lipinski definition) is 0. The van der Waals surface area contributed by atoms with Crippen LogP contribution in [-0.4, -0.2) is 7.11 Å². The molecule has 0 bridgehead atoms. The van der Waals surface area contributed by atoms with Crippen LogP contribution in [0.3, 0.4) is 0 Å². The van der Waals surface area contributed by atoms with Crippen LogP contribution in [0, 0.1) is 6.07 Å². The van der Waals surface area contributed by atoms with E-state index in [4.69, 9.17) is 4.74 Å². The third kappa shape index (κ3) is 2.12. The molecule has 1 radical (unpaired) electrons. The minimum atomic E-state index is 0.624. The van der Waals surface area contributed by atoms with Gasteiger partial charge in [0.05, 0.1) is 6.61 Å². The van der Waals surface area contributed by atoms with E-state index < -0.39 is 0 Å². The summed E-state index contributed by atoms with van der Waals surface area (Å²) in [4.78, 5) is 0. The molecule has 0 aliphatic rings. The molecule has 0 atom stereocenters. The Labute approximate surface area is 69.1 Å². The summed E-state index contributed by atoms with van der Waals surface area (Å²) in [5.74, 6) is 0. The Hall–Kier alpha value is -0.340. The second-order valence-corrected chi connectivity index (χ2v) is 2.88. The molecule has 0 heterocycles. The van der Waals surface area contributed by atoms with Crippen molar-refractivity contribution in [3.63, 3.8) is 0 Å². The van der Waals surface area contributed by atoms with Crippen molar-refractivity contribution in [2.45, 2.75) is 6.61 Å². The number of ether oxygens (including phenoxy) is 1. The monoisotopic (exact) mass is 199 g/mol. The number of rotatable bonds is 2. The van der Waals surface area contributed by atoms with Gasteiger partial charge in [-0.15, -0.1) is 0 Å². The maximum Gasteiger partial charge on any atom is 0.0719 e. The standard InChI is InChI=1S/C8H8BrO/c1-10-6-7-3-2-4-8(9)5-7/h2,4-5H,6H2,1H3. The minimum Gasteiger partial charge on any atom is -0.380 e. The summed E-state index contributed by atoms with van der Waals surface area (Å²) in [6.45, 7) is 0.624. The Balaban J connectivity index is 2.75. The molecule has 0 aliphatic heterocycles. The highest BCUT2D eigenvalue weighted by Gasteiger charge is 1.90. The molecule has 0 amide bonds. The van der Waals surface area contributed by atoms with Crippen LogP contribution in [0.5, 0.6) is 0 Å². The van der Waals surface area contributed by atoms with Crippen LogP contribution >= 0.6 is 15.9 Å². The van der Waals surface area contributed by atoms with E-state index in [0.717, 1.165) is 10.0 Å². The molecule has 1 aromatic rings. The van der Waals surface area contributed by atoms with Gasteiger partial charge in [-0.25, -0.2) is 0 Å². The topological polar surface area (TPSA) is 9.23 Å². The number of halogens is 1. The van der Waals surface area contributed by atoms with Gasteiger partial charge in [0, 0.05) is 11.6 Å². The van der Waals surface area contributed by atoms with Crippen molar-refractivity contribution in [1.82, 2.24) is 0 Å². The van der Waals surface area contributed by atoms with Crippen LogP contribution in [-0.2, 0) is 11.3 Å². The smallest absolute Gasteiger partial charge is 0.0719 e. The normalized spacial score (nSPS) is 9.80. The number of hydrogen-bond acceptors (Lipinski definition) is 1. The maximum atomic E-state index is 4.93. The van der Waals surface area contributed by atoms with Gasteiger partial charge < -0.3 is 4.74 Å². The summed E-state index contributed by atoms with van der Waals surface area (Å²) in [7, 11) is 1.68. The molecule has 0 N–H and O–H groups in total. The first-order valence-corrected chi connectivity index (χ1v) is 3.77. The zero-order chi connectivity index (χ0) is 7.40. The summed E-state index contributed by atoms with van der Waals surface area (Å²) in [5, 5.41) is 0. The lowest BCUT2D eigenvalue weighted by Gasteiger charge is -1.97. The first-order chi connectivity index (χ1) is 4.83. The van der Waals surface area contributed by atoms with Crippen LogP contribution in [0.25, 0.3) is 0 Å². The molecule has 0 aromatic heterocycles. The molecular weight excluding hydrogens is 192 g/mol. The predicted octanol–water partition coefficient (Wildman–Crippen LogP) is 2.40. The molecule has 0 spiro atoms. The van der Waals surface area contributed by atoms with Crippen LogP contribution < -0.4 is 0 Å². The van der Waals surface area contributed by atoms with E-state index in [9.17, 15) is 0 Å². The van der Waals surface area contributed by atoms with Gasteiger partial charge in [-0.2, -0.15) is 0 Å². The van der Waals surface area contributed by atoms with Gasteiger partial charge >= 0.3 is 0 Å². The lowest BCUT2D eigenvalue weighted by atomic mass is 10.2. The van der Waals surface area contributed by atoms with Gasteiger partial charge in [0.1, 0.15) is 0 Å². The van der Waals surface area contributed by atoms with Crippen LogP contribution in [0.1, 0.15) is 5.56 Å². The molecule has 0 fully saturated rings. The third-order valence-electron chi connectivity index (χ3n) is 1.12. The molecule has 0 saturated heterocycles. The van der Waals surface area contributed by atoms with E-state index in [2.05, 4.69) is 22.0 Å². The van der Waals surface area contributed by atoms with Crippen molar-refractivity contribution in [3.05, 3.63) is 34.3 Å². The van der Waals surface area contributed by atoms with Crippen LogP contribution in [0.15, 0.2) is 22.7 Å². The number of benzene rings is 1. The van der Waals surface area contributed by atoms with E-state index in [-0.39, 0.29) is 0 Å². The van der Waals surface area contributed by atoms with Gasteiger partial charge in [0.2, 0.25) is 0 Å². The second kappa shape index (κ2) is 3.74. The lowest BCUT2D eigenvalue weighted by molar-refractivity contribution is 0.184. The van der Waals surface area contributed by atoms with Gasteiger partial charge in [-0.05, 0) is 23.8 Å². The molecule has 53 valence electrons. The van der Waals surface area contributed by atoms with Crippen LogP contribution in [0.2, 0.25) is 0 Å².